The molecule has 0 amide bonds. The van der Waals surface area contributed by atoms with Gasteiger partial charge in [0.15, 0.2) is 5.78 Å². The molecule has 0 saturated heterocycles. The average Bonchev–Trinajstić information content (AvgIpc) is 3.04. The number of carbonyl (C=O) groups excluding carboxylic acids is 1. The zero-order chi connectivity index (χ0) is 16.7. The maximum atomic E-state index is 12.5. The maximum absolute atomic E-state index is 12.5. The zero-order valence-electron chi connectivity index (χ0n) is 11.5. The van der Waals surface area contributed by atoms with Crippen LogP contribution in [-0.4, -0.2) is 5.78 Å². The molecule has 1 aromatic carbocycles. The molecule has 0 radical (unpaired) electrons. The molecule has 23 heavy (non-hydrogen) atoms. The normalized spacial score (nSPS) is 12.3. The summed E-state index contributed by atoms with van der Waals surface area (Å²) >= 11 is 1.21. The van der Waals surface area contributed by atoms with Gasteiger partial charge in [-0.1, -0.05) is 6.58 Å². The molecule has 5 nitrogen and oxygen atoms in total. The summed E-state index contributed by atoms with van der Waals surface area (Å²) in [5.41, 5.74) is 0.917. The van der Waals surface area contributed by atoms with E-state index in [1.54, 1.807) is 18.2 Å². The Labute approximate surface area is 134 Å². The first kappa shape index (κ1) is 14.2. The van der Waals surface area contributed by atoms with Crippen molar-refractivity contribution in [3.63, 3.8) is 0 Å². The van der Waals surface area contributed by atoms with Gasteiger partial charge in [-0.3, -0.25) is 4.79 Å². The topological polar surface area (TPSA) is 112 Å². The summed E-state index contributed by atoms with van der Waals surface area (Å²) in [6.07, 6.45) is 0. The Kier molecular flexibility index (Phi) is 3.05. The Balaban J connectivity index is 2.48. The summed E-state index contributed by atoms with van der Waals surface area (Å²) in [7, 11) is 0. The third-order valence-electron chi connectivity index (χ3n) is 3.57. The van der Waals surface area contributed by atoms with Gasteiger partial charge in [-0.15, -0.1) is 11.3 Å². The molecule has 2 aromatic rings. The molecule has 0 fully saturated rings. The average molecular weight is 312 g/mol. The zero-order valence-corrected chi connectivity index (χ0v) is 12.3. The van der Waals surface area contributed by atoms with Crippen LogP contribution in [-0.2, 0) is 0 Å². The van der Waals surface area contributed by atoms with E-state index in [2.05, 4.69) is 6.58 Å². The fraction of sp³-hybridized carbons (Fsp3) is 0. The molecule has 0 spiro atoms. The predicted octanol–water partition coefficient (Wildman–Crippen LogP) is 3.20. The van der Waals surface area contributed by atoms with Crippen LogP contribution in [0.5, 0.6) is 0 Å². The number of nitriles is 4. The van der Waals surface area contributed by atoms with Crippen molar-refractivity contribution in [2.45, 2.75) is 0 Å². The number of thiophene rings is 1. The van der Waals surface area contributed by atoms with E-state index in [0.717, 1.165) is 0 Å². The summed E-state index contributed by atoms with van der Waals surface area (Å²) in [6.45, 7) is 3.68. The van der Waals surface area contributed by atoms with Gasteiger partial charge in [0.1, 0.15) is 29.8 Å². The van der Waals surface area contributed by atoms with Gasteiger partial charge in [0, 0.05) is 31.7 Å². The van der Waals surface area contributed by atoms with E-state index in [-0.39, 0.29) is 33.6 Å². The summed E-state index contributed by atoms with van der Waals surface area (Å²) in [4.78, 5) is 13.0. The van der Waals surface area contributed by atoms with Crippen LogP contribution in [0.3, 0.4) is 0 Å². The minimum atomic E-state index is -0.363. The van der Waals surface area contributed by atoms with Gasteiger partial charge in [0.05, 0.1) is 11.1 Å². The second-order valence-electron chi connectivity index (χ2n) is 4.71. The van der Waals surface area contributed by atoms with Crippen LogP contribution < -0.4 is 0 Å². The fourth-order valence-electron chi connectivity index (χ4n) is 2.53. The third-order valence-corrected chi connectivity index (χ3v) is 4.74. The maximum Gasteiger partial charge on any atom is 0.195 e. The van der Waals surface area contributed by atoms with Crippen LogP contribution in [0.25, 0.3) is 15.7 Å². The highest BCUT2D eigenvalue weighted by Gasteiger charge is 2.35. The molecule has 0 bridgehead atoms. The summed E-state index contributed by atoms with van der Waals surface area (Å²) in [5.74, 6) is -0.363. The van der Waals surface area contributed by atoms with Crippen LogP contribution in [0.1, 0.15) is 26.4 Å². The molecule has 1 aliphatic carbocycles. The number of nitrogens with zero attached hydrogens (tertiary/aromatic N) is 4. The molecule has 6 heteroatoms. The van der Waals surface area contributed by atoms with E-state index in [4.69, 9.17) is 21.0 Å². The monoisotopic (exact) mass is 312 g/mol. The molecule has 0 unspecified atom stereocenters. The quantitative estimate of drug-likeness (QED) is 0.547. The molecule has 0 aliphatic heterocycles. The molecule has 1 aliphatic rings. The van der Waals surface area contributed by atoms with Crippen molar-refractivity contribution in [2.75, 3.05) is 0 Å². The Bertz CT molecular complexity index is 1120. The Hall–Kier alpha value is -3.71. The molecule has 0 atom stereocenters. The van der Waals surface area contributed by atoms with Crippen LogP contribution in [0.4, 0.5) is 0 Å². The number of hydrogen-bond donors (Lipinski definition) is 0. The number of hydrogen-bond acceptors (Lipinski definition) is 6. The number of fused-ring (bicyclic) bond motifs is 3. The lowest BCUT2D eigenvalue weighted by Gasteiger charge is -1.99. The van der Waals surface area contributed by atoms with E-state index in [9.17, 15) is 4.79 Å². The first-order valence-electron chi connectivity index (χ1n) is 6.27. The molecule has 1 aromatic heterocycles. The lowest BCUT2D eigenvalue weighted by atomic mass is 10.0. The van der Waals surface area contributed by atoms with Crippen molar-refractivity contribution in [2.24, 2.45) is 0 Å². The van der Waals surface area contributed by atoms with Crippen LogP contribution in [0, 0.1) is 45.3 Å². The van der Waals surface area contributed by atoms with Gasteiger partial charge in [-0.25, -0.2) is 0 Å². The Morgan fingerprint density at radius 1 is 1.04 bits per heavy atom. The number of carbonyl (C=O) groups is 1. The van der Waals surface area contributed by atoms with Gasteiger partial charge in [-0.2, -0.15) is 21.0 Å². The van der Waals surface area contributed by atoms with Crippen LogP contribution in [0.15, 0.2) is 29.9 Å². The Morgan fingerprint density at radius 3 is 2.22 bits per heavy atom. The number of benzene rings is 1. The largest absolute Gasteiger partial charge is 0.289 e. The molecule has 104 valence electrons. The number of Topliss-reactive ketones (excluding diaryl/α,β-unsaturated/α-hetero) is 1. The minimum Gasteiger partial charge on any atom is -0.289 e. The molecule has 3 rings (SSSR count). The first-order valence-corrected chi connectivity index (χ1v) is 7.08. The minimum absolute atomic E-state index is 0.106. The van der Waals surface area contributed by atoms with Gasteiger partial charge in [0.2, 0.25) is 0 Å². The highest BCUT2D eigenvalue weighted by Crippen LogP contribution is 2.47. The molecular formula is C17H4N4OS. The van der Waals surface area contributed by atoms with Crippen LogP contribution in [0.2, 0.25) is 0 Å². The number of rotatable bonds is 0. The SMILES string of the molecule is C=C1C(=O)c2c(sc3cc(C#N)c(C#N)cc23)C1=C(C#N)C#N. The van der Waals surface area contributed by atoms with Crippen LogP contribution >= 0.6 is 11.3 Å². The predicted molar refractivity (Wildman–Crippen MR) is 82.9 cm³/mol. The van der Waals surface area contributed by atoms with E-state index in [1.807, 2.05) is 12.1 Å². The molecule has 0 saturated carbocycles. The van der Waals surface area contributed by atoms with Gasteiger partial charge in [-0.05, 0) is 12.1 Å². The molecular weight excluding hydrogens is 308 g/mol. The third kappa shape index (κ3) is 1.78. The van der Waals surface area contributed by atoms with Gasteiger partial charge in [0.25, 0.3) is 0 Å². The smallest absolute Gasteiger partial charge is 0.195 e. The first-order chi connectivity index (χ1) is 11.1. The van der Waals surface area contributed by atoms with E-state index < -0.39 is 0 Å². The standard InChI is InChI=1S/C17H4N4OS/c1-8-14(11(6-20)7-21)17-15(16(8)22)12-2-9(4-18)10(5-19)3-13(12)23-17/h2-3H,1H2. The van der Waals surface area contributed by atoms with Crippen molar-refractivity contribution < 1.29 is 4.79 Å². The molecule has 1 heterocycles. The summed E-state index contributed by atoms with van der Waals surface area (Å²) in [6, 6.07) is 10.5. The van der Waals surface area contributed by atoms with E-state index in [0.29, 0.717) is 20.5 Å². The summed E-state index contributed by atoms with van der Waals surface area (Å²) in [5, 5.41) is 36.9. The van der Waals surface area contributed by atoms with Gasteiger partial charge < -0.3 is 0 Å². The van der Waals surface area contributed by atoms with Crippen molar-refractivity contribution in [1.29, 1.82) is 21.0 Å². The van der Waals surface area contributed by atoms with E-state index >= 15 is 0 Å². The van der Waals surface area contributed by atoms with Crippen molar-refractivity contribution in [3.8, 4) is 24.3 Å². The highest BCUT2D eigenvalue weighted by atomic mass is 32.1. The van der Waals surface area contributed by atoms with Crippen molar-refractivity contribution in [3.05, 3.63) is 51.4 Å². The highest BCUT2D eigenvalue weighted by molar-refractivity contribution is 7.21. The lowest BCUT2D eigenvalue weighted by Crippen LogP contribution is -1.95. The van der Waals surface area contributed by atoms with Crippen molar-refractivity contribution >= 4 is 32.8 Å². The number of ketones is 1. The Morgan fingerprint density at radius 2 is 1.65 bits per heavy atom. The summed E-state index contributed by atoms with van der Waals surface area (Å²) < 4.78 is 0.652. The van der Waals surface area contributed by atoms with E-state index in [1.165, 1.54) is 17.4 Å². The second-order valence-corrected chi connectivity index (χ2v) is 5.76. The second kappa shape index (κ2) is 4.93. The fourth-order valence-corrected chi connectivity index (χ4v) is 3.83. The van der Waals surface area contributed by atoms with Gasteiger partial charge >= 0.3 is 0 Å². The molecule has 0 N–H and O–H groups in total. The van der Waals surface area contributed by atoms with Crippen molar-refractivity contribution in [1.82, 2.24) is 0 Å². The lowest BCUT2D eigenvalue weighted by molar-refractivity contribution is 0.104. The number of allylic oxidation sites excluding steroid dienone is 3.